The summed E-state index contributed by atoms with van der Waals surface area (Å²) in [4.78, 5) is 18.5. The van der Waals surface area contributed by atoms with Crippen LogP contribution in [0.2, 0.25) is 10.0 Å². The number of nitrogens with one attached hydrogen (secondary N) is 2. The van der Waals surface area contributed by atoms with E-state index in [4.69, 9.17) is 37.7 Å². The first-order valence-corrected chi connectivity index (χ1v) is 14.1. The lowest BCUT2D eigenvalue weighted by Gasteiger charge is -2.31. The highest BCUT2D eigenvalue weighted by Gasteiger charge is 2.26. The zero-order valence-electron chi connectivity index (χ0n) is 23.1. The van der Waals surface area contributed by atoms with E-state index in [2.05, 4.69) is 25.6 Å². The predicted molar refractivity (Wildman–Crippen MR) is 160 cm³/mol. The minimum absolute atomic E-state index is 0.166. The minimum Gasteiger partial charge on any atom is -0.480 e. The third-order valence-corrected chi connectivity index (χ3v) is 7.94. The van der Waals surface area contributed by atoms with Crippen molar-refractivity contribution in [1.29, 1.82) is 0 Å². The molecule has 2 heterocycles. The largest absolute Gasteiger partial charge is 0.480 e. The summed E-state index contributed by atoms with van der Waals surface area (Å²) in [5, 5.41) is 16.9. The van der Waals surface area contributed by atoms with Crippen LogP contribution < -0.4 is 20.1 Å². The highest BCUT2D eigenvalue weighted by molar-refractivity contribution is 6.39. The second kappa shape index (κ2) is 13.1. The van der Waals surface area contributed by atoms with E-state index in [9.17, 15) is 5.11 Å². The third kappa shape index (κ3) is 6.29. The molecule has 0 atom stereocenters. The van der Waals surface area contributed by atoms with Crippen LogP contribution in [0, 0.1) is 5.92 Å². The van der Waals surface area contributed by atoms with Gasteiger partial charge in [0.2, 0.25) is 11.8 Å². The van der Waals surface area contributed by atoms with Crippen LogP contribution in [-0.2, 0) is 13.1 Å². The smallest absolute Gasteiger partial charge is 0.237 e. The highest BCUT2D eigenvalue weighted by atomic mass is 35.5. The summed E-state index contributed by atoms with van der Waals surface area (Å²) >= 11 is 13.9. The molecule has 1 aliphatic rings. The predicted octanol–water partition coefficient (Wildman–Crippen LogP) is 5.17. The van der Waals surface area contributed by atoms with Crippen LogP contribution >= 0.6 is 23.2 Å². The van der Waals surface area contributed by atoms with Crippen LogP contribution in [-0.4, -0.2) is 59.0 Å². The molecule has 0 saturated heterocycles. The van der Waals surface area contributed by atoms with Crippen molar-refractivity contribution in [2.45, 2.75) is 32.0 Å². The Hall–Kier alpha value is -3.34. The van der Waals surface area contributed by atoms with Crippen molar-refractivity contribution in [2.24, 2.45) is 5.92 Å². The second-order valence-electron chi connectivity index (χ2n) is 9.91. The zero-order valence-corrected chi connectivity index (χ0v) is 24.6. The normalized spacial score (nSPS) is 16.3. The van der Waals surface area contributed by atoms with Gasteiger partial charge in [-0.25, -0.2) is 9.97 Å². The molecule has 4 aromatic rings. The van der Waals surface area contributed by atoms with E-state index in [1.54, 1.807) is 26.6 Å². The summed E-state index contributed by atoms with van der Waals surface area (Å²) in [7, 11) is 4.98. The van der Waals surface area contributed by atoms with Gasteiger partial charge in [0.25, 0.3) is 0 Å². The van der Waals surface area contributed by atoms with E-state index in [-0.39, 0.29) is 6.10 Å². The Labute approximate surface area is 249 Å². The Kier molecular flexibility index (Phi) is 9.32. The molecule has 1 saturated carbocycles. The molecule has 0 radical (unpaired) electrons. The maximum atomic E-state index is 9.50. The minimum atomic E-state index is -0.166. The van der Waals surface area contributed by atoms with Crippen LogP contribution in [0.15, 0.2) is 48.8 Å². The van der Waals surface area contributed by atoms with E-state index in [1.807, 2.05) is 43.4 Å². The molecule has 1 aliphatic carbocycles. The van der Waals surface area contributed by atoms with E-state index < -0.39 is 0 Å². The number of hydrogen-bond donors (Lipinski definition) is 3. The standard InChI is InChI=1S/C30H32Cl2N6O3/c1-33-13-25-29(40-2)37-23(15-35-25)21-8-4-6-19(27(21)31)20-7-5-9-22(28(20)32)24-16-36-26(30(38-24)41-3)14-34-12-17-10-18(39)11-17/h4-9,15-18,33-34,39H,10-14H2,1-3H3. The van der Waals surface area contributed by atoms with Crippen LogP contribution in [0.5, 0.6) is 11.8 Å². The average molecular weight is 596 g/mol. The van der Waals surface area contributed by atoms with Gasteiger partial charge in [-0.1, -0.05) is 59.6 Å². The average Bonchev–Trinajstić information content (AvgIpc) is 2.97. The fourth-order valence-corrected chi connectivity index (χ4v) is 5.58. The topological polar surface area (TPSA) is 114 Å². The zero-order chi connectivity index (χ0) is 28.9. The SMILES string of the molecule is CNCc1ncc(-c2cccc(-c3cccc(-c4cnc(CNCC5CC(O)C5)c(OC)n4)c3Cl)c2Cl)nc1OC. The van der Waals surface area contributed by atoms with Gasteiger partial charge in [0.1, 0.15) is 11.4 Å². The van der Waals surface area contributed by atoms with Gasteiger partial charge in [0, 0.05) is 35.3 Å². The lowest BCUT2D eigenvalue weighted by molar-refractivity contribution is 0.0429. The highest BCUT2D eigenvalue weighted by Crippen LogP contribution is 2.42. The summed E-state index contributed by atoms with van der Waals surface area (Å²) < 4.78 is 11.0. The van der Waals surface area contributed by atoms with Gasteiger partial charge in [-0.3, -0.25) is 9.97 Å². The number of methoxy groups -OCH3 is 2. The van der Waals surface area contributed by atoms with Crippen LogP contribution in [0.3, 0.4) is 0 Å². The fourth-order valence-electron chi connectivity index (χ4n) is 4.93. The Balaban J connectivity index is 1.43. The molecule has 0 amide bonds. The summed E-state index contributed by atoms with van der Waals surface area (Å²) in [5.41, 5.74) is 5.50. The van der Waals surface area contributed by atoms with Crippen molar-refractivity contribution in [2.75, 3.05) is 27.8 Å². The molecule has 214 valence electrons. The number of aromatic nitrogens is 4. The fraction of sp³-hybridized carbons (Fsp3) is 0.333. The molecule has 2 aromatic carbocycles. The van der Waals surface area contributed by atoms with Gasteiger partial charge in [-0.15, -0.1) is 0 Å². The van der Waals surface area contributed by atoms with Crippen molar-refractivity contribution >= 4 is 23.2 Å². The maximum Gasteiger partial charge on any atom is 0.237 e. The molecule has 41 heavy (non-hydrogen) atoms. The molecule has 0 aliphatic heterocycles. The van der Waals surface area contributed by atoms with E-state index in [0.717, 1.165) is 30.5 Å². The Morgan fingerprint density at radius 1 is 0.805 bits per heavy atom. The molecular weight excluding hydrogens is 563 g/mol. The molecule has 9 nitrogen and oxygen atoms in total. The Morgan fingerprint density at radius 3 is 1.76 bits per heavy atom. The lowest BCUT2D eigenvalue weighted by Crippen LogP contribution is -2.36. The molecule has 2 aromatic heterocycles. The number of aliphatic hydroxyl groups excluding tert-OH is 1. The van der Waals surface area contributed by atoms with Crippen LogP contribution in [0.4, 0.5) is 0 Å². The molecule has 11 heteroatoms. The summed E-state index contributed by atoms with van der Waals surface area (Å²) in [6.45, 7) is 1.86. The van der Waals surface area contributed by atoms with Gasteiger partial charge in [-0.2, -0.15) is 0 Å². The number of nitrogens with zero attached hydrogens (tertiary/aromatic N) is 4. The number of ether oxygens (including phenoxy) is 2. The lowest BCUT2D eigenvalue weighted by atomic mass is 9.82. The van der Waals surface area contributed by atoms with Gasteiger partial charge >= 0.3 is 0 Å². The quantitative estimate of drug-likeness (QED) is 0.216. The molecule has 5 rings (SSSR count). The summed E-state index contributed by atoms with van der Waals surface area (Å²) in [6, 6.07) is 11.4. The second-order valence-corrected chi connectivity index (χ2v) is 10.7. The molecule has 3 N–H and O–H groups in total. The Bertz CT molecular complexity index is 1530. The number of hydrogen-bond acceptors (Lipinski definition) is 9. The molecule has 0 spiro atoms. The van der Waals surface area contributed by atoms with Crippen molar-refractivity contribution in [3.05, 3.63) is 70.2 Å². The molecule has 0 bridgehead atoms. The first-order chi connectivity index (χ1) is 19.9. The molecular formula is C30H32Cl2N6O3. The van der Waals surface area contributed by atoms with Crippen molar-refractivity contribution in [3.8, 4) is 45.4 Å². The number of aliphatic hydroxyl groups is 1. The molecule has 0 unspecified atom stereocenters. The first kappa shape index (κ1) is 29.2. The van der Waals surface area contributed by atoms with Gasteiger partial charge in [0.05, 0.1) is 54.2 Å². The number of halogens is 2. The van der Waals surface area contributed by atoms with Gasteiger partial charge < -0.3 is 25.2 Å². The van der Waals surface area contributed by atoms with Crippen LogP contribution in [0.1, 0.15) is 24.2 Å². The monoisotopic (exact) mass is 594 g/mol. The first-order valence-electron chi connectivity index (χ1n) is 13.3. The maximum absolute atomic E-state index is 9.50. The van der Waals surface area contributed by atoms with Gasteiger partial charge in [-0.05, 0) is 32.4 Å². The Morgan fingerprint density at radius 2 is 1.29 bits per heavy atom. The van der Waals surface area contributed by atoms with Crippen molar-refractivity contribution < 1.29 is 14.6 Å². The summed E-state index contributed by atoms with van der Waals surface area (Å²) in [5.74, 6) is 1.35. The third-order valence-electron chi connectivity index (χ3n) is 7.13. The number of benzene rings is 2. The van der Waals surface area contributed by atoms with E-state index in [1.165, 1.54) is 0 Å². The number of rotatable bonds is 11. The van der Waals surface area contributed by atoms with Crippen molar-refractivity contribution in [3.63, 3.8) is 0 Å². The molecule has 1 fully saturated rings. The van der Waals surface area contributed by atoms with E-state index >= 15 is 0 Å². The van der Waals surface area contributed by atoms with Crippen LogP contribution in [0.25, 0.3) is 33.6 Å². The van der Waals surface area contributed by atoms with Gasteiger partial charge in [0.15, 0.2) is 0 Å². The van der Waals surface area contributed by atoms with Crippen molar-refractivity contribution in [1.82, 2.24) is 30.6 Å². The summed E-state index contributed by atoms with van der Waals surface area (Å²) in [6.07, 6.45) is 4.89. The van der Waals surface area contributed by atoms with E-state index in [0.29, 0.717) is 74.7 Å².